The first-order chi connectivity index (χ1) is 14.1. The first kappa shape index (κ1) is 20.4. The minimum absolute atomic E-state index is 0.0723. The third-order valence-electron chi connectivity index (χ3n) is 4.83. The number of para-hydroxylation sites is 1. The Morgan fingerprint density at radius 1 is 1.24 bits per heavy atom. The Morgan fingerprint density at radius 2 is 2.03 bits per heavy atom. The quantitative estimate of drug-likeness (QED) is 0.445. The minimum Gasteiger partial charge on any atom is -0.488 e. The molecule has 2 saturated heterocycles. The minimum atomic E-state index is -0.0728. The van der Waals surface area contributed by atoms with Crippen LogP contribution in [0.2, 0.25) is 5.02 Å². The topological polar surface area (TPSA) is 38.8 Å². The van der Waals surface area contributed by atoms with Gasteiger partial charge in [-0.2, -0.15) is 0 Å². The molecule has 0 unspecified atom stereocenters. The highest BCUT2D eigenvalue weighted by atomic mass is 35.5. The number of carbonyl (C=O) groups is 1. The molecule has 1 amide bonds. The number of nitrogens with zero attached hydrogens (tertiary/aromatic N) is 1. The Kier molecular flexibility index (Phi) is 6.55. The molecule has 2 aliphatic heterocycles. The number of rotatable bonds is 6. The lowest BCUT2D eigenvalue weighted by Crippen LogP contribution is -2.35. The Hall–Kier alpha value is -1.86. The SMILES string of the molecule is O=C1/C(=C/c2ccccc2OCc2ccccc2Cl)SC(=S)N1C[C@@H]1CCCO1. The molecule has 0 aliphatic carbocycles. The number of hydrogen-bond acceptors (Lipinski definition) is 5. The smallest absolute Gasteiger partial charge is 0.266 e. The summed E-state index contributed by atoms with van der Waals surface area (Å²) in [7, 11) is 0. The van der Waals surface area contributed by atoms with Crippen molar-refractivity contribution in [3.8, 4) is 5.75 Å². The second kappa shape index (κ2) is 9.30. The average molecular weight is 446 g/mol. The number of amides is 1. The average Bonchev–Trinajstić information content (AvgIpc) is 3.33. The molecule has 2 aliphatic rings. The van der Waals surface area contributed by atoms with Crippen molar-refractivity contribution in [3.63, 3.8) is 0 Å². The highest BCUT2D eigenvalue weighted by Gasteiger charge is 2.34. The van der Waals surface area contributed by atoms with Gasteiger partial charge in [0, 0.05) is 22.8 Å². The van der Waals surface area contributed by atoms with Crippen molar-refractivity contribution in [2.24, 2.45) is 0 Å². The van der Waals surface area contributed by atoms with E-state index in [0.717, 1.165) is 30.6 Å². The maximum absolute atomic E-state index is 12.9. The highest BCUT2D eigenvalue weighted by molar-refractivity contribution is 8.26. The van der Waals surface area contributed by atoms with Crippen molar-refractivity contribution < 1.29 is 14.3 Å². The van der Waals surface area contributed by atoms with Crippen molar-refractivity contribution in [3.05, 3.63) is 69.6 Å². The summed E-state index contributed by atoms with van der Waals surface area (Å²) in [5.41, 5.74) is 1.74. The number of hydrogen-bond donors (Lipinski definition) is 0. The largest absolute Gasteiger partial charge is 0.488 e. The van der Waals surface area contributed by atoms with Gasteiger partial charge in [-0.3, -0.25) is 9.69 Å². The fraction of sp³-hybridized carbons (Fsp3) is 0.273. The van der Waals surface area contributed by atoms with Crippen LogP contribution in [0.25, 0.3) is 6.08 Å². The van der Waals surface area contributed by atoms with E-state index < -0.39 is 0 Å². The van der Waals surface area contributed by atoms with Crippen LogP contribution in [0.15, 0.2) is 53.4 Å². The van der Waals surface area contributed by atoms with E-state index >= 15 is 0 Å². The molecule has 29 heavy (non-hydrogen) atoms. The van der Waals surface area contributed by atoms with Gasteiger partial charge >= 0.3 is 0 Å². The van der Waals surface area contributed by atoms with Gasteiger partial charge in [0.2, 0.25) is 0 Å². The molecular weight excluding hydrogens is 426 g/mol. The Morgan fingerprint density at radius 3 is 2.83 bits per heavy atom. The van der Waals surface area contributed by atoms with Gasteiger partial charge in [0.05, 0.1) is 17.6 Å². The highest BCUT2D eigenvalue weighted by Crippen LogP contribution is 2.35. The number of thiocarbonyl (C=S) groups is 1. The molecule has 4 nitrogen and oxygen atoms in total. The van der Waals surface area contributed by atoms with Crippen molar-refractivity contribution >= 4 is 51.9 Å². The fourth-order valence-electron chi connectivity index (χ4n) is 3.29. The second-order valence-electron chi connectivity index (χ2n) is 6.85. The number of halogens is 1. The monoisotopic (exact) mass is 445 g/mol. The maximum atomic E-state index is 12.9. The molecule has 4 rings (SSSR count). The van der Waals surface area contributed by atoms with Gasteiger partial charge in [-0.15, -0.1) is 0 Å². The van der Waals surface area contributed by atoms with E-state index in [-0.39, 0.29) is 12.0 Å². The third kappa shape index (κ3) is 4.83. The normalized spacial score (nSPS) is 20.7. The molecule has 0 N–H and O–H groups in total. The van der Waals surface area contributed by atoms with Crippen molar-refractivity contribution in [1.82, 2.24) is 4.90 Å². The van der Waals surface area contributed by atoms with Gasteiger partial charge < -0.3 is 9.47 Å². The van der Waals surface area contributed by atoms with E-state index in [0.29, 0.717) is 33.1 Å². The summed E-state index contributed by atoms with van der Waals surface area (Å²) in [6.45, 7) is 1.63. The van der Waals surface area contributed by atoms with Crippen LogP contribution in [0.4, 0.5) is 0 Å². The Balaban J connectivity index is 1.50. The van der Waals surface area contributed by atoms with Gasteiger partial charge in [0.1, 0.15) is 16.7 Å². The van der Waals surface area contributed by atoms with Gasteiger partial charge in [-0.1, -0.05) is 72.0 Å². The molecule has 2 heterocycles. The summed E-state index contributed by atoms with van der Waals surface area (Å²) in [6.07, 6.45) is 3.92. The molecule has 150 valence electrons. The molecule has 0 aromatic heterocycles. The summed E-state index contributed by atoms with van der Waals surface area (Å²) in [4.78, 5) is 15.1. The van der Waals surface area contributed by atoms with Crippen LogP contribution in [0.1, 0.15) is 24.0 Å². The second-order valence-corrected chi connectivity index (χ2v) is 8.93. The zero-order valence-electron chi connectivity index (χ0n) is 15.7. The first-order valence-electron chi connectivity index (χ1n) is 9.44. The predicted octanol–water partition coefficient (Wildman–Crippen LogP) is 5.30. The van der Waals surface area contributed by atoms with Gasteiger partial charge in [0.15, 0.2) is 0 Å². The van der Waals surface area contributed by atoms with Crippen LogP contribution in [0, 0.1) is 0 Å². The maximum Gasteiger partial charge on any atom is 0.266 e. The summed E-state index contributed by atoms with van der Waals surface area (Å²) in [6, 6.07) is 15.2. The van der Waals surface area contributed by atoms with Crippen molar-refractivity contribution in [1.29, 1.82) is 0 Å². The summed E-state index contributed by atoms with van der Waals surface area (Å²) in [5.74, 6) is 0.619. The number of thioether (sulfide) groups is 1. The van der Waals surface area contributed by atoms with Gasteiger partial charge in [-0.05, 0) is 31.1 Å². The van der Waals surface area contributed by atoms with E-state index in [1.807, 2.05) is 54.6 Å². The van der Waals surface area contributed by atoms with Crippen molar-refractivity contribution in [2.75, 3.05) is 13.2 Å². The zero-order chi connectivity index (χ0) is 20.2. The Bertz CT molecular complexity index is 957. The number of carbonyl (C=O) groups excluding carboxylic acids is 1. The first-order valence-corrected chi connectivity index (χ1v) is 11.0. The number of benzene rings is 2. The van der Waals surface area contributed by atoms with Crippen LogP contribution in [0.5, 0.6) is 5.75 Å². The Labute approximate surface area is 184 Å². The van der Waals surface area contributed by atoms with Crippen LogP contribution < -0.4 is 4.74 Å². The van der Waals surface area contributed by atoms with E-state index in [9.17, 15) is 4.79 Å². The molecule has 0 radical (unpaired) electrons. The van der Waals surface area contributed by atoms with Gasteiger partial charge in [-0.25, -0.2) is 0 Å². The number of ether oxygens (including phenoxy) is 2. The lowest BCUT2D eigenvalue weighted by Gasteiger charge is -2.18. The molecule has 2 fully saturated rings. The standard InChI is InChI=1S/C22H20ClNO3S2/c23-18-9-3-1-7-16(18)14-27-19-10-4-2-6-15(19)12-20-21(25)24(22(28)29-20)13-17-8-5-11-26-17/h1-4,6-7,9-10,12,17H,5,8,11,13-14H2/b20-12-/t17-/m0/s1. The molecule has 7 heteroatoms. The van der Waals surface area contributed by atoms with E-state index in [1.165, 1.54) is 11.8 Å². The fourth-order valence-corrected chi connectivity index (χ4v) is 4.75. The molecule has 2 aromatic carbocycles. The molecule has 0 spiro atoms. The lowest BCUT2D eigenvalue weighted by atomic mass is 10.1. The van der Waals surface area contributed by atoms with E-state index in [1.54, 1.807) is 4.90 Å². The molecule has 1 atom stereocenters. The summed E-state index contributed by atoms with van der Waals surface area (Å²) in [5, 5.41) is 0.667. The molecule has 0 saturated carbocycles. The molecular formula is C22H20ClNO3S2. The summed E-state index contributed by atoms with van der Waals surface area (Å²) < 4.78 is 12.2. The summed E-state index contributed by atoms with van der Waals surface area (Å²) >= 11 is 13.0. The zero-order valence-corrected chi connectivity index (χ0v) is 18.1. The van der Waals surface area contributed by atoms with E-state index in [4.69, 9.17) is 33.3 Å². The molecule has 0 bridgehead atoms. The molecule has 2 aromatic rings. The lowest BCUT2D eigenvalue weighted by molar-refractivity contribution is -0.123. The van der Waals surface area contributed by atoms with Gasteiger partial charge in [0.25, 0.3) is 5.91 Å². The van der Waals surface area contributed by atoms with Crippen LogP contribution in [-0.4, -0.2) is 34.4 Å². The predicted molar refractivity (Wildman–Crippen MR) is 121 cm³/mol. The third-order valence-corrected chi connectivity index (χ3v) is 6.58. The van der Waals surface area contributed by atoms with Crippen molar-refractivity contribution in [2.45, 2.75) is 25.6 Å². The van der Waals surface area contributed by atoms with Crippen LogP contribution >= 0.6 is 35.6 Å². The van der Waals surface area contributed by atoms with E-state index in [2.05, 4.69) is 0 Å². The van der Waals surface area contributed by atoms with Crippen LogP contribution in [0.3, 0.4) is 0 Å². The van der Waals surface area contributed by atoms with Crippen LogP contribution in [-0.2, 0) is 16.1 Å².